The molecule has 0 unspecified atom stereocenters. The quantitative estimate of drug-likeness (QED) is 0.175. The number of aromatic nitrogens is 4. The number of fused-ring (bicyclic) bond motifs is 8. The Morgan fingerprint density at radius 2 is 1.04 bits per heavy atom. The highest BCUT2D eigenvalue weighted by atomic mass is 15.0. The van der Waals surface area contributed by atoms with Crippen LogP contribution in [0.1, 0.15) is 35.4 Å². The zero-order valence-electron chi connectivity index (χ0n) is 28.6. The second-order valence-electron chi connectivity index (χ2n) is 14.0. The van der Waals surface area contributed by atoms with Crippen molar-refractivity contribution in [1.82, 2.24) is 19.1 Å². The molecule has 9 aromatic rings. The molecule has 0 radical (unpaired) electrons. The molecular formula is C48H34N4. The van der Waals surface area contributed by atoms with Crippen LogP contribution in [0, 0.1) is 0 Å². The van der Waals surface area contributed by atoms with E-state index < -0.39 is 0 Å². The number of hydrogen-bond acceptors (Lipinski definition) is 2. The summed E-state index contributed by atoms with van der Waals surface area (Å²) in [5.74, 6) is 0.708. The number of hydrogen-bond donors (Lipinski definition) is 0. The summed E-state index contributed by atoms with van der Waals surface area (Å²) >= 11 is 0. The number of benzene rings is 6. The summed E-state index contributed by atoms with van der Waals surface area (Å²) in [4.78, 5) is 10.4. The molecule has 0 N–H and O–H groups in total. The van der Waals surface area contributed by atoms with Gasteiger partial charge in [-0.1, -0.05) is 97.1 Å². The van der Waals surface area contributed by atoms with E-state index in [1.54, 1.807) is 0 Å². The fourth-order valence-electron chi connectivity index (χ4n) is 8.85. The fraction of sp³-hybridized carbons (Fsp3) is 0.0833. The third-order valence-electron chi connectivity index (χ3n) is 11.1. The Hall–Kier alpha value is -6.52. The van der Waals surface area contributed by atoms with Gasteiger partial charge in [0, 0.05) is 50.9 Å². The van der Waals surface area contributed by atoms with E-state index in [4.69, 9.17) is 9.97 Å². The van der Waals surface area contributed by atoms with Crippen molar-refractivity contribution >= 4 is 55.5 Å². The molecule has 11 rings (SSSR count). The molecule has 2 aliphatic carbocycles. The van der Waals surface area contributed by atoms with Gasteiger partial charge in [0.05, 0.1) is 16.7 Å². The molecule has 2 aliphatic rings. The maximum absolute atomic E-state index is 5.40. The standard InChI is InChI=1S/C48H34N4/c1-3-15-36-31(13-1)27-32-14-2-4-16-37(32)47(36)42-25-26-49-48(50-42)33-28-34(51-43-21-9-5-17-38(43)39-18-6-10-22-44(39)51)30-35(29-33)52-45-23-11-7-19-40(45)41-20-8-12-24-46(41)52/h1-6,9-18,21-30H,7-8,19-20H2. The summed E-state index contributed by atoms with van der Waals surface area (Å²) in [6.07, 6.45) is 15.6. The number of rotatable bonds is 4. The molecule has 3 aromatic heterocycles. The molecule has 0 saturated heterocycles. The highest BCUT2D eigenvalue weighted by Crippen LogP contribution is 2.40. The predicted molar refractivity (Wildman–Crippen MR) is 216 cm³/mol. The second-order valence-corrected chi connectivity index (χ2v) is 14.0. The molecule has 4 heteroatoms. The third-order valence-corrected chi connectivity index (χ3v) is 11.1. The minimum atomic E-state index is 0.708. The van der Waals surface area contributed by atoms with E-state index in [9.17, 15) is 0 Å². The van der Waals surface area contributed by atoms with Crippen LogP contribution >= 0.6 is 0 Å². The van der Waals surface area contributed by atoms with Crippen molar-refractivity contribution in [2.24, 2.45) is 0 Å². The lowest BCUT2D eigenvalue weighted by molar-refractivity contribution is 0.922. The van der Waals surface area contributed by atoms with Crippen molar-refractivity contribution in [2.75, 3.05) is 0 Å². The Kier molecular flexibility index (Phi) is 6.47. The van der Waals surface area contributed by atoms with Crippen LogP contribution in [0.3, 0.4) is 0 Å². The molecule has 0 bridgehead atoms. The van der Waals surface area contributed by atoms with Crippen LogP contribution in [0.4, 0.5) is 0 Å². The summed E-state index contributed by atoms with van der Waals surface area (Å²) in [6.45, 7) is 0. The zero-order chi connectivity index (χ0) is 34.2. The summed E-state index contributed by atoms with van der Waals surface area (Å²) < 4.78 is 4.90. The monoisotopic (exact) mass is 666 g/mol. The van der Waals surface area contributed by atoms with Crippen molar-refractivity contribution in [3.8, 4) is 34.0 Å². The number of allylic oxidation sites excluding steroid dienone is 2. The Labute approximate surface area is 301 Å². The van der Waals surface area contributed by atoms with Gasteiger partial charge in [0.15, 0.2) is 5.82 Å². The predicted octanol–water partition coefficient (Wildman–Crippen LogP) is 11.9. The Bertz CT molecular complexity index is 2820. The average molecular weight is 667 g/mol. The van der Waals surface area contributed by atoms with Crippen molar-refractivity contribution in [3.05, 3.63) is 168 Å². The zero-order valence-corrected chi connectivity index (χ0v) is 28.6. The molecule has 0 saturated carbocycles. The van der Waals surface area contributed by atoms with Gasteiger partial charge in [0.1, 0.15) is 0 Å². The van der Waals surface area contributed by atoms with Crippen LogP contribution < -0.4 is 0 Å². The minimum Gasteiger partial charge on any atom is -0.310 e. The normalized spacial score (nSPS) is 13.7. The maximum Gasteiger partial charge on any atom is 0.159 e. The van der Waals surface area contributed by atoms with Crippen LogP contribution in [-0.2, 0) is 12.8 Å². The molecule has 0 aliphatic heterocycles. The maximum atomic E-state index is 5.40. The molecule has 4 nitrogen and oxygen atoms in total. The van der Waals surface area contributed by atoms with Crippen LogP contribution in [0.5, 0.6) is 0 Å². The molecule has 0 amide bonds. The van der Waals surface area contributed by atoms with Crippen molar-refractivity contribution in [3.63, 3.8) is 0 Å². The van der Waals surface area contributed by atoms with E-state index in [-0.39, 0.29) is 0 Å². The smallest absolute Gasteiger partial charge is 0.159 e. The van der Waals surface area contributed by atoms with Crippen molar-refractivity contribution in [1.29, 1.82) is 0 Å². The van der Waals surface area contributed by atoms with Gasteiger partial charge in [-0.2, -0.15) is 0 Å². The largest absolute Gasteiger partial charge is 0.310 e. The summed E-state index contributed by atoms with van der Waals surface area (Å²) in [5, 5.41) is 7.27. The van der Waals surface area contributed by atoms with Gasteiger partial charge in [0.2, 0.25) is 0 Å². The molecule has 0 fully saturated rings. The fourth-order valence-corrected chi connectivity index (χ4v) is 8.85. The summed E-state index contributed by atoms with van der Waals surface area (Å²) in [7, 11) is 0. The highest BCUT2D eigenvalue weighted by molar-refractivity contribution is 6.12. The first-order chi connectivity index (χ1) is 25.8. The third kappa shape index (κ3) is 4.40. The number of nitrogens with zero attached hydrogens (tertiary/aromatic N) is 4. The van der Waals surface area contributed by atoms with Gasteiger partial charge < -0.3 is 9.13 Å². The van der Waals surface area contributed by atoms with E-state index in [2.05, 4.69) is 161 Å². The lowest BCUT2D eigenvalue weighted by Gasteiger charge is -2.18. The van der Waals surface area contributed by atoms with Crippen molar-refractivity contribution < 1.29 is 0 Å². The topological polar surface area (TPSA) is 35.6 Å². The van der Waals surface area contributed by atoms with E-state index in [1.807, 2.05) is 6.20 Å². The first-order valence-electron chi connectivity index (χ1n) is 18.3. The van der Waals surface area contributed by atoms with E-state index in [0.717, 1.165) is 53.9 Å². The Balaban J connectivity index is 1.20. The van der Waals surface area contributed by atoms with Crippen LogP contribution in [0.15, 0.2) is 146 Å². The second kappa shape index (κ2) is 11.5. The highest BCUT2D eigenvalue weighted by Gasteiger charge is 2.25. The Morgan fingerprint density at radius 1 is 0.500 bits per heavy atom. The minimum absolute atomic E-state index is 0.708. The molecule has 246 valence electrons. The van der Waals surface area contributed by atoms with Crippen LogP contribution in [-0.4, -0.2) is 19.1 Å². The summed E-state index contributed by atoms with van der Waals surface area (Å²) in [6, 6.07) is 46.0. The molecule has 6 aromatic carbocycles. The lowest BCUT2D eigenvalue weighted by Crippen LogP contribution is -2.05. The van der Waals surface area contributed by atoms with Gasteiger partial charge in [-0.05, 0) is 113 Å². The van der Waals surface area contributed by atoms with Gasteiger partial charge in [-0.3, -0.25) is 0 Å². The Morgan fingerprint density at radius 3 is 1.65 bits per heavy atom. The van der Waals surface area contributed by atoms with E-state index in [0.29, 0.717) is 5.82 Å². The molecule has 52 heavy (non-hydrogen) atoms. The lowest BCUT2D eigenvalue weighted by atomic mass is 9.94. The van der Waals surface area contributed by atoms with Crippen molar-refractivity contribution in [2.45, 2.75) is 25.7 Å². The van der Waals surface area contributed by atoms with Gasteiger partial charge in [0.25, 0.3) is 0 Å². The number of para-hydroxylation sites is 2. The first kappa shape index (κ1) is 29.2. The molecule has 3 heterocycles. The first-order valence-corrected chi connectivity index (χ1v) is 18.3. The van der Waals surface area contributed by atoms with E-state index in [1.165, 1.54) is 65.9 Å². The van der Waals surface area contributed by atoms with Crippen LogP contribution in [0.2, 0.25) is 0 Å². The molecule has 0 spiro atoms. The van der Waals surface area contributed by atoms with Crippen LogP contribution in [0.25, 0.3) is 89.5 Å². The molecule has 0 atom stereocenters. The van der Waals surface area contributed by atoms with Gasteiger partial charge in [-0.15, -0.1) is 0 Å². The molecular weight excluding hydrogens is 633 g/mol. The summed E-state index contributed by atoms with van der Waals surface area (Å²) in [5.41, 5.74) is 13.2. The van der Waals surface area contributed by atoms with Gasteiger partial charge in [-0.25, -0.2) is 9.97 Å². The van der Waals surface area contributed by atoms with Gasteiger partial charge >= 0.3 is 0 Å². The van der Waals surface area contributed by atoms with E-state index >= 15 is 0 Å². The SMILES string of the molecule is C1=Cc2c(c3c(n2-c2cc(-c4nccc(-c5c6ccccc6cc6ccccc56)n4)cc(-n4c5ccccc5c5ccccc54)c2)C=CCC3)CC1. The average Bonchev–Trinajstić information content (AvgIpc) is 3.73.